The highest BCUT2D eigenvalue weighted by atomic mass is 32.1. The molecular formula is C16H16N4O4S. The van der Waals surface area contributed by atoms with Gasteiger partial charge < -0.3 is 15.1 Å². The molecule has 1 N–H and O–H groups in total. The number of hydrogen-bond acceptors (Lipinski definition) is 5. The zero-order valence-electron chi connectivity index (χ0n) is 13.3. The number of amides is 3. The largest absolute Gasteiger partial charge is 0.334 e. The van der Waals surface area contributed by atoms with Crippen LogP contribution in [0.15, 0.2) is 41.8 Å². The van der Waals surface area contributed by atoms with E-state index in [1.165, 1.54) is 23.5 Å². The number of nitrogens with zero attached hydrogens (tertiary/aromatic N) is 3. The van der Waals surface area contributed by atoms with Gasteiger partial charge in [-0.2, -0.15) is 0 Å². The molecule has 1 aromatic carbocycles. The van der Waals surface area contributed by atoms with Crippen molar-refractivity contribution in [3.05, 3.63) is 56.8 Å². The summed E-state index contributed by atoms with van der Waals surface area (Å²) < 4.78 is 0. The quantitative estimate of drug-likeness (QED) is 0.672. The smallest absolute Gasteiger partial charge is 0.322 e. The van der Waals surface area contributed by atoms with Crippen LogP contribution in [0.3, 0.4) is 0 Å². The second-order valence-electron chi connectivity index (χ2n) is 5.46. The number of para-hydroxylation sites is 2. The normalized spacial score (nSPS) is 14.2. The number of thiophene rings is 1. The van der Waals surface area contributed by atoms with Gasteiger partial charge in [0.15, 0.2) is 0 Å². The lowest BCUT2D eigenvalue weighted by atomic mass is 10.2. The number of piperazine rings is 1. The second kappa shape index (κ2) is 7.31. The summed E-state index contributed by atoms with van der Waals surface area (Å²) in [6.07, 6.45) is 0. The van der Waals surface area contributed by atoms with Gasteiger partial charge in [0.25, 0.3) is 11.6 Å². The summed E-state index contributed by atoms with van der Waals surface area (Å²) in [5, 5.41) is 15.4. The third-order valence-electron chi connectivity index (χ3n) is 3.93. The predicted molar refractivity (Wildman–Crippen MR) is 93.9 cm³/mol. The molecule has 25 heavy (non-hydrogen) atoms. The van der Waals surface area contributed by atoms with Crippen molar-refractivity contribution in [2.45, 2.75) is 0 Å². The highest BCUT2D eigenvalue weighted by molar-refractivity contribution is 7.12. The molecule has 2 heterocycles. The number of nitro groups is 1. The number of rotatable bonds is 3. The van der Waals surface area contributed by atoms with E-state index in [2.05, 4.69) is 5.32 Å². The zero-order chi connectivity index (χ0) is 17.8. The van der Waals surface area contributed by atoms with Gasteiger partial charge >= 0.3 is 6.03 Å². The van der Waals surface area contributed by atoms with E-state index < -0.39 is 11.0 Å². The van der Waals surface area contributed by atoms with Crippen molar-refractivity contribution in [2.75, 3.05) is 31.5 Å². The minimum atomic E-state index is -0.534. The average molecular weight is 360 g/mol. The van der Waals surface area contributed by atoms with Crippen LogP contribution < -0.4 is 5.32 Å². The molecule has 9 heteroatoms. The fraction of sp³-hybridized carbons (Fsp3) is 0.250. The first-order valence-corrected chi connectivity index (χ1v) is 8.56. The average Bonchev–Trinajstić information content (AvgIpc) is 3.16. The number of nitrogens with one attached hydrogen (secondary N) is 1. The van der Waals surface area contributed by atoms with Crippen LogP contribution in [0, 0.1) is 10.1 Å². The Bertz CT molecular complexity index is 785. The van der Waals surface area contributed by atoms with E-state index in [9.17, 15) is 19.7 Å². The van der Waals surface area contributed by atoms with Crippen LogP contribution in [0.5, 0.6) is 0 Å². The summed E-state index contributed by atoms with van der Waals surface area (Å²) in [6.45, 7) is 1.62. The van der Waals surface area contributed by atoms with E-state index in [1.807, 2.05) is 11.4 Å². The number of carbonyl (C=O) groups excluding carboxylic acids is 2. The van der Waals surface area contributed by atoms with Crippen molar-refractivity contribution in [3.63, 3.8) is 0 Å². The molecule has 0 saturated carbocycles. The van der Waals surface area contributed by atoms with Gasteiger partial charge in [0.1, 0.15) is 5.69 Å². The summed E-state index contributed by atoms with van der Waals surface area (Å²) in [6, 6.07) is 9.20. The molecule has 0 unspecified atom stereocenters. The minimum absolute atomic E-state index is 0.0336. The second-order valence-corrected chi connectivity index (χ2v) is 6.41. The molecule has 0 radical (unpaired) electrons. The Kier molecular flexibility index (Phi) is 4.94. The first kappa shape index (κ1) is 16.9. The molecule has 0 spiro atoms. The van der Waals surface area contributed by atoms with E-state index >= 15 is 0 Å². The molecule has 0 aliphatic carbocycles. The maximum atomic E-state index is 12.3. The van der Waals surface area contributed by atoms with Gasteiger partial charge in [0, 0.05) is 32.2 Å². The zero-order valence-corrected chi connectivity index (χ0v) is 14.1. The molecule has 0 bridgehead atoms. The molecule has 1 saturated heterocycles. The van der Waals surface area contributed by atoms with E-state index in [4.69, 9.17) is 0 Å². The first-order valence-electron chi connectivity index (χ1n) is 7.68. The summed E-state index contributed by atoms with van der Waals surface area (Å²) in [4.78, 5) is 39.0. The number of carbonyl (C=O) groups is 2. The lowest BCUT2D eigenvalue weighted by Crippen LogP contribution is -2.51. The third-order valence-corrected chi connectivity index (χ3v) is 4.79. The Balaban J connectivity index is 1.59. The van der Waals surface area contributed by atoms with Crippen molar-refractivity contribution in [1.29, 1.82) is 0 Å². The lowest BCUT2D eigenvalue weighted by Gasteiger charge is -2.34. The van der Waals surface area contributed by atoms with Crippen LogP contribution in [0.25, 0.3) is 0 Å². The number of urea groups is 1. The SMILES string of the molecule is O=C(Nc1ccccc1[N+](=O)[O-])N1CCN(C(=O)c2cccs2)CC1. The van der Waals surface area contributed by atoms with Crippen LogP contribution in [0.4, 0.5) is 16.2 Å². The Morgan fingerprint density at radius 1 is 1.04 bits per heavy atom. The molecule has 2 aromatic rings. The maximum absolute atomic E-state index is 12.3. The topological polar surface area (TPSA) is 95.8 Å². The van der Waals surface area contributed by atoms with Gasteiger partial charge in [-0.25, -0.2) is 4.79 Å². The Morgan fingerprint density at radius 2 is 1.72 bits per heavy atom. The van der Waals surface area contributed by atoms with Gasteiger partial charge in [-0.3, -0.25) is 14.9 Å². The van der Waals surface area contributed by atoms with Crippen LogP contribution in [0.2, 0.25) is 0 Å². The molecule has 130 valence electrons. The maximum Gasteiger partial charge on any atom is 0.322 e. The fourth-order valence-electron chi connectivity index (χ4n) is 2.60. The molecular weight excluding hydrogens is 344 g/mol. The number of nitro benzene ring substituents is 1. The fourth-order valence-corrected chi connectivity index (χ4v) is 3.29. The molecule has 1 aromatic heterocycles. The van der Waals surface area contributed by atoms with Crippen molar-refractivity contribution in [3.8, 4) is 0 Å². The number of hydrogen-bond donors (Lipinski definition) is 1. The Labute approximate surface area is 147 Å². The van der Waals surface area contributed by atoms with Gasteiger partial charge in [0.05, 0.1) is 9.80 Å². The highest BCUT2D eigenvalue weighted by Gasteiger charge is 2.26. The monoisotopic (exact) mass is 360 g/mol. The number of anilines is 1. The first-order chi connectivity index (χ1) is 12.1. The molecule has 3 amide bonds. The Hall–Kier alpha value is -2.94. The predicted octanol–water partition coefficient (Wildman–Crippen LogP) is 2.65. The van der Waals surface area contributed by atoms with Gasteiger partial charge in [0.2, 0.25) is 0 Å². The van der Waals surface area contributed by atoms with E-state index in [0.29, 0.717) is 31.1 Å². The van der Waals surface area contributed by atoms with Crippen molar-refractivity contribution in [1.82, 2.24) is 9.80 Å². The van der Waals surface area contributed by atoms with Crippen LogP contribution in [-0.2, 0) is 0 Å². The van der Waals surface area contributed by atoms with Crippen LogP contribution in [-0.4, -0.2) is 52.8 Å². The molecule has 1 aliphatic rings. The van der Waals surface area contributed by atoms with Crippen molar-refractivity contribution < 1.29 is 14.5 Å². The molecule has 1 aliphatic heterocycles. The Morgan fingerprint density at radius 3 is 2.36 bits per heavy atom. The van der Waals surface area contributed by atoms with Gasteiger partial charge in [-0.05, 0) is 17.5 Å². The summed E-state index contributed by atoms with van der Waals surface area (Å²) in [5.41, 5.74) is 0.0111. The van der Waals surface area contributed by atoms with E-state index in [0.717, 1.165) is 0 Å². The summed E-state index contributed by atoms with van der Waals surface area (Å²) in [5.74, 6) is -0.0336. The number of benzene rings is 1. The third kappa shape index (κ3) is 3.77. The van der Waals surface area contributed by atoms with Crippen LogP contribution in [0.1, 0.15) is 9.67 Å². The molecule has 3 rings (SSSR count). The standard InChI is InChI=1S/C16H16N4O4S/c21-15(14-6-3-11-25-14)18-7-9-19(10-8-18)16(22)17-12-4-1-2-5-13(12)20(23)24/h1-6,11H,7-10H2,(H,17,22). The van der Waals surface area contributed by atoms with Crippen molar-refractivity contribution >= 4 is 34.6 Å². The molecule has 1 fully saturated rings. The highest BCUT2D eigenvalue weighted by Crippen LogP contribution is 2.23. The van der Waals surface area contributed by atoms with E-state index in [1.54, 1.807) is 28.0 Å². The van der Waals surface area contributed by atoms with E-state index in [-0.39, 0.29) is 17.3 Å². The lowest BCUT2D eigenvalue weighted by molar-refractivity contribution is -0.383. The molecule has 8 nitrogen and oxygen atoms in total. The summed E-state index contributed by atoms with van der Waals surface area (Å²) in [7, 11) is 0. The summed E-state index contributed by atoms with van der Waals surface area (Å²) >= 11 is 1.39. The molecule has 0 atom stereocenters. The van der Waals surface area contributed by atoms with Crippen molar-refractivity contribution in [2.24, 2.45) is 0 Å². The minimum Gasteiger partial charge on any atom is -0.334 e. The van der Waals surface area contributed by atoms with Crippen LogP contribution >= 0.6 is 11.3 Å². The van der Waals surface area contributed by atoms with Gasteiger partial charge in [-0.1, -0.05) is 18.2 Å². The van der Waals surface area contributed by atoms with Gasteiger partial charge in [-0.15, -0.1) is 11.3 Å².